The number of benzene rings is 1. The normalized spacial score (nSPS) is 14.0. The number of rotatable bonds is 8. The van der Waals surface area contributed by atoms with Gasteiger partial charge in [-0.05, 0) is 24.1 Å². The van der Waals surface area contributed by atoms with E-state index in [-0.39, 0.29) is 5.75 Å². The zero-order valence-corrected chi connectivity index (χ0v) is 17.1. The number of hydrogen-bond donors (Lipinski definition) is 1. The SMILES string of the molecule is COc1ccc(CCN(C(=O)C(F)(F)C(F)(F)C(F)(F)F)C(=O)C(F)(F)C(F)(F)C(F)(F)F)cc1O. The molecule has 1 aromatic carbocycles. The zero-order valence-electron chi connectivity index (χ0n) is 17.1. The third-order valence-electron chi connectivity index (χ3n) is 4.40. The molecular weight excluding hydrogens is 548 g/mol. The minimum atomic E-state index is -7.38. The molecule has 0 fully saturated rings. The molecule has 1 N–H and O–H groups in total. The lowest BCUT2D eigenvalue weighted by atomic mass is 10.1. The highest BCUT2D eigenvalue weighted by Gasteiger charge is 2.80. The number of halogens is 14. The maximum absolute atomic E-state index is 13.8. The molecule has 0 saturated carbocycles. The quantitative estimate of drug-likeness (QED) is 0.458. The fourth-order valence-electron chi connectivity index (χ4n) is 2.39. The van der Waals surface area contributed by atoms with Crippen LogP contribution in [0.3, 0.4) is 0 Å². The number of alkyl halides is 14. The van der Waals surface area contributed by atoms with Gasteiger partial charge < -0.3 is 9.84 Å². The first-order valence-electron chi connectivity index (χ1n) is 8.75. The van der Waals surface area contributed by atoms with Gasteiger partial charge in [0.1, 0.15) is 0 Å². The summed E-state index contributed by atoms with van der Waals surface area (Å²) in [4.78, 5) is 21.5. The molecule has 19 heteroatoms. The third kappa shape index (κ3) is 5.23. The first kappa shape index (κ1) is 31.0. The first-order valence-corrected chi connectivity index (χ1v) is 8.75. The number of phenols is 1. The second-order valence-corrected chi connectivity index (χ2v) is 6.81. The van der Waals surface area contributed by atoms with E-state index in [1.54, 1.807) is 0 Å². The molecule has 36 heavy (non-hydrogen) atoms. The molecule has 0 aromatic heterocycles. The lowest BCUT2D eigenvalue weighted by molar-refractivity contribution is -0.350. The van der Waals surface area contributed by atoms with Crippen LogP contribution >= 0.6 is 0 Å². The predicted octanol–water partition coefficient (Wildman–Crippen LogP) is 4.96. The number of hydrogen-bond acceptors (Lipinski definition) is 4. The van der Waals surface area contributed by atoms with Gasteiger partial charge in [-0.15, -0.1) is 0 Å². The Hall–Kier alpha value is -3.02. The summed E-state index contributed by atoms with van der Waals surface area (Å²) in [7, 11) is 1.01. The van der Waals surface area contributed by atoms with Crippen LogP contribution in [0.2, 0.25) is 0 Å². The van der Waals surface area contributed by atoms with Crippen molar-refractivity contribution < 1.29 is 80.9 Å². The fourth-order valence-corrected chi connectivity index (χ4v) is 2.39. The van der Waals surface area contributed by atoms with Crippen LogP contribution in [0.25, 0.3) is 0 Å². The van der Waals surface area contributed by atoms with Gasteiger partial charge in [0.2, 0.25) is 0 Å². The molecule has 1 rings (SSSR count). The van der Waals surface area contributed by atoms with Crippen LogP contribution in [0.5, 0.6) is 11.5 Å². The summed E-state index contributed by atoms with van der Waals surface area (Å²) in [5, 5.41) is 9.57. The van der Waals surface area contributed by atoms with Crippen LogP contribution in [-0.2, 0) is 16.0 Å². The lowest BCUT2D eigenvalue weighted by Gasteiger charge is -2.34. The average molecular weight is 559 g/mol. The Morgan fingerprint density at radius 1 is 0.778 bits per heavy atom. The maximum atomic E-state index is 13.8. The number of phenolic OH excluding ortho intramolecular Hbond substituents is 1. The number of ether oxygens (including phenoxy) is 1. The van der Waals surface area contributed by atoms with Crippen molar-refractivity contribution in [3.05, 3.63) is 23.8 Å². The van der Waals surface area contributed by atoms with Gasteiger partial charge in [0, 0.05) is 6.54 Å². The summed E-state index contributed by atoms with van der Waals surface area (Å²) in [5.74, 6) is -38.4. The molecule has 0 unspecified atom stereocenters. The van der Waals surface area contributed by atoms with Crippen LogP contribution < -0.4 is 4.74 Å². The first-order chi connectivity index (χ1) is 15.9. The molecule has 0 bridgehead atoms. The van der Waals surface area contributed by atoms with E-state index in [1.165, 1.54) is 0 Å². The number of carbonyl (C=O) groups is 2. The fraction of sp³-hybridized carbons (Fsp3) is 0.529. The summed E-state index contributed by atoms with van der Waals surface area (Å²) in [5.41, 5.74) is -0.476. The molecule has 0 atom stereocenters. The molecule has 2 amide bonds. The van der Waals surface area contributed by atoms with Crippen molar-refractivity contribution in [3.63, 3.8) is 0 Å². The molecule has 0 aliphatic heterocycles. The standard InChI is InChI=1S/C17H11F14NO4/c1-36-9-3-2-7(6-8(9)33)4-5-32(10(34)12(18,19)14(22,23)16(26,27)28)11(35)13(20,21)15(24,25)17(29,30)31/h2-3,6,33H,4-5H2,1H3. The lowest BCUT2D eigenvalue weighted by Crippen LogP contribution is -2.66. The van der Waals surface area contributed by atoms with E-state index < -0.39 is 77.0 Å². The van der Waals surface area contributed by atoms with E-state index in [9.17, 15) is 76.2 Å². The zero-order chi connectivity index (χ0) is 28.7. The van der Waals surface area contributed by atoms with Gasteiger partial charge in [-0.3, -0.25) is 14.5 Å². The number of amides is 2. The summed E-state index contributed by atoms with van der Waals surface area (Å²) < 4.78 is 187. The Morgan fingerprint density at radius 2 is 1.17 bits per heavy atom. The van der Waals surface area contributed by atoms with Crippen LogP contribution in [0.15, 0.2) is 18.2 Å². The highest BCUT2D eigenvalue weighted by molar-refractivity contribution is 6.02. The largest absolute Gasteiger partial charge is 0.504 e. The number of aromatic hydroxyl groups is 1. The number of imide groups is 1. The molecule has 0 radical (unpaired) electrons. The molecular formula is C17H11F14NO4. The number of methoxy groups -OCH3 is 1. The van der Waals surface area contributed by atoms with Crippen molar-refractivity contribution in [1.82, 2.24) is 4.90 Å². The molecule has 0 heterocycles. The van der Waals surface area contributed by atoms with Crippen molar-refractivity contribution in [1.29, 1.82) is 0 Å². The van der Waals surface area contributed by atoms with Crippen molar-refractivity contribution >= 4 is 11.8 Å². The van der Waals surface area contributed by atoms with Gasteiger partial charge >= 0.3 is 47.9 Å². The van der Waals surface area contributed by atoms with Crippen molar-refractivity contribution in [2.75, 3.05) is 13.7 Å². The summed E-state index contributed by atoms with van der Waals surface area (Å²) in [6, 6.07) is 2.31. The highest BCUT2D eigenvalue weighted by atomic mass is 19.4. The van der Waals surface area contributed by atoms with Gasteiger partial charge in [0.25, 0.3) is 0 Å². The van der Waals surface area contributed by atoms with Gasteiger partial charge in [-0.1, -0.05) is 6.07 Å². The van der Waals surface area contributed by atoms with Crippen molar-refractivity contribution in [2.45, 2.75) is 42.5 Å². The van der Waals surface area contributed by atoms with Crippen molar-refractivity contribution in [3.8, 4) is 11.5 Å². The molecule has 0 aliphatic carbocycles. The minimum absolute atomic E-state index is 0.296. The minimum Gasteiger partial charge on any atom is -0.504 e. The van der Waals surface area contributed by atoms with E-state index in [2.05, 4.69) is 4.74 Å². The van der Waals surface area contributed by atoms with E-state index in [1.807, 2.05) is 0 Å². The van der Waals surface area contributed by atoms with E-state index in [4.69, 9.17) is 0 Å². The topological polar surface area (TPSA) is 66.8 Å². The molecule has 1 aromatic rings. The smallest absolute Gasteiger partial charge is 0.460 e. The second kappa shape index (κ2) is 9.45. The van der Waals surface area contributed by atoms with E-state index in [0.29, 0.717) is 6.07 Å². The summed E-state index contributed by atoms with van der Waals surface area (Å²) >= 11 is 0. The maximum Gasteiger partial charge on any atom is 0.460 e. The Labute approximate surface area is 190 Å². The van der Waals surface area contributed by atoms with Crippen LogP contribution in [0, 0.1) is 0 Å². The molecule has 206 valence electrons. The Kier molecular flexibility index (Phi) is 8.14. The second-order valence-electron chi connectivity index (χ2n) is 6.81. The van der Waals surface area contributed by atoms with Crippen LogP contribution in [0.4, 0.5) is 61.5 Å². The Bertz CT molecular complexity index is 937. The van der Waals surface area contributed by atoms with E-state index in [0.717, 1.165) is 19.2 Å². The number of nitrogens with zero attached hydrogens (tertiary/aromatic N) is 1. The van der Waals surface area contributed by atoms with Gasteiger partial charge in [-0.2, -0.15) is 61.5 Å². The molecule has 0 spiro atoms. The van der Waals surface area contributed by atoms with Crippen LogP contribution in [0.1, 0.15) is 5.56 Å². The van der Waals surface area contributed by atoms with Gasteiger partial charge in [0.05, 0.1) is 7.11 Å². The average Bonchev–Trinajstić information content (AvgIpc) is 2.71. The Morgan fingerprint density at radius 3 is 1.47 bits per heavy atom. The van der Waals surface area contributed by atoms with Crippen LogP contribution in [-0.4, -0.2) is 71.5 Å². The number of carbonyl (C=O) groups excluding carboxylic acids is 2. The molecule has 0 saturated heterocycles. The molecule has 0 aliphatic rings. The third-order valence-corrected chi connectivity index (χ3v) is 4.40. The summed E-state index contributed by atoms with van der Waals surface area (Å²) in [6.45, 7) is -2.13. The van der Waals surface area contributed by atoms with Gasteiger partial charge in [-0.25, -0.2) is 0 Å². The van der Waals surface area contributed by atoms with Gasteiger partial charge in [0.15, 0.2) is 11.5 Å². The monoisotopic (exact) mass is 559 g/mol. The van der Waals surface area contributed by atoms with Crippen molar-refractivity contribution in [2.24, 2.45) is 0 Å². The Balaban J connectivity index is 3.59. The summed E-state index contributed by atoms with van der Waals surface area (Å²) in [6.07, 6.45) is -15.8. The highest BCUT2D eigenvalue weighted by Crippen LogP contribution is 2.50. The molecule has 5 nitrogen and oxygen atoms in total. The predicted molar refractivity (Wildman–Crippen MR) is 87.0 cm³/mol. The van der Waals surface area contributed by atoms with E-state index >= 15 is 0 Å².